The van der Waals surface area contributed by atoms with Crippen molar-refractivity contribution < 1.29 is 26.3 Å². The molecule has 1 aromatic carbocycles. The van der Waals surface area contributed by atoms with Crippen LogP contribution in [0, 0.1) is 6.92 Å². The van der Waals surface area contributed by atoms with Crippen LogP contribution in [0.25, 0.3) is 11.4 Å². The van der Waals surface area contributed by atoms with Crippen molar-refractivity contribution in [3.05, 3.63) is 47.3 Å². The molecule has 0 saturated heterocycles. The van der Waals surface area contributed by atoms with E-state index in [4.69, 9.17) is 0 Å². The van der Waals surface area contributed by atoms with E-state index in [0.717, 1.165) is 6.07 Å². The molecule has 0 spiro atoms. The van der Waals surface area contributed by atoms with Crippen molar-refractivity contribution in [2.45, 2.75) is 19.3 Å². The summed E-state index contributed by atoms with van der Waals surface area (Å²) in [5.74, 6) is -0.0609. The van der Waals surface area contributed by atoms with Crippen LogP contribution >= 0.6 is 0 Å². The van der Waals surface area contributed by atoms with Crippen molar-refractivity contribution in [3.63, 3.8) is 0 Å². The Morgan fingerprint density at radius 3 is 2.00 bits per heavy atom. The van der Waals surface area contributed by atoms with Gasteiger partial charge in [0.15, 0.2) is 5.82 Å². The minimum absolute atomic E-state index is 0.0609. The zero-order valence-corrected chi connectivity index (χ0v) is 10.5. The molecule has 0 atom stereocenters. The van der Waals surface area contributed by atoms with E-state index in [2.05, 4.69) is 9.97 Å². The Hall–Kier alpha value is -2.12. The van der Waals surface area contributed by atoms with E-state index in [-0.39, 0.29) is 11.4 Å². The summed E-state index contributed by atoms with van der Waals surface area (Å²) in [6.45, 7) is 1.60. The Balaban J connectivity index is 2.63. The fourth-order valence-corrected chi connectivity index (χ4v) is 1.75. The summed E-state index contributed by atoms with van der Waals surface area (Å²) in [5.41, 5.74) is -3.11. The normalized spacial score (nSPS) is 12.5. The standard InChI is InChI=1S/C13H8F6N2/c1-7-4-5-20-11(21-7)8-2-3-9(12(14,15)16)10(6-8)13(17,18)19/h2-6H,1H3. The third-order valence-electron chi connectivity index (χ3n) is 2.68. The number of aromatic nitrogens is 2. The van der Waals surface area contributed by atoms with Gasteiger partial charge in [0, 0.05) is 17.5 Å². The first-order valence-electron chi connectivity index (χ1n) is 5.67. The smallest absolute Gasteiger partial charge is 0.237 e. The van der Waals surface area contributed by atoms with E-state index in [1.807, 2.05) is 0 Å². The van der Waals surface area contributed by atoms with Crippen LogP contribution in [0.1, 0.15) is 16.8 Å². The van der Waals surface area contributed by atoms with Gasteiger partial charge in [-0.15, -0.1) is 0 Å². The van der Waals surface area contributed by atoms with Crippen molar-refractivity contribution >= 4 is 0 Å². The first-order valence-corrected chi connectivity index (χ1v) is 5.67. The van der Waals surface area contributed by atoms with Crippen molar-refractivity contribution in [2.75, 3.05) is 0 Å². The highest BCUT2D eigenvalue weighted by molar-refractivity contribution is 5.58. The SMILES string of the molecule is Cc1ccnc(-c2ccc(C(F)(F)F)c(C(F)(F)F)c2)n1. The largest absolute Gasteiger partial charge is 0.417 e. The molecule has 0 aliphatic rings. The van der Waals surface area contributed by atoms with Gasteiger partial charge in [0.05, 0.1) is 11.1 Å². The van der Waals surface area contributed by atoms with Crippen molar-refractivity contribution in [1.82, 2.24) is 9.97 Å². The maximum absolute atomic E-state index is 12.8. The van der Waals surface area contributed by atoms with Crippen LogP contribution in [0.5, 0.6) is 0 Å². The summed E-state index contributed by atoms with van der Waals surface area (Å²) in [6, 6.07) is 3.26. The Bertz CT molecular complexity index is 660. The van der Waals surface area contributed by atoms with Crippen LogP contribution in [0.4, 0.5) is 26.3 Å². The third-order valence-corrected chi connectivity index (χ3v) is 2.68. The molecule has 0 aliphatic carbocycles. The van der Waals surface area contributed by atoms with Gasteiger partial charge in [-0.3, -0.25) is 0 Å². The Labute approximate surface area is 115 Å². The first kappa shape index (κ1) is 15.3. The topological polar surface area (TPSA) is 25.8 Å². The number of nitrogens with zero attached hydrogens (tertiary/aromatic N) is 2. The number of halogens is 6. The lowest BCUT2D eigenvalue weighted by molar-refractivity contribution is -0.162. The third kappa shape index (κ3) is 3.32. The molecule has 112 valence electrons. The molecule has 21 heavy (non-hydrogen) atoms. The van der Waals surface area contributed by atoms with Gasteiger partial charge in [0.2, 0.25) is 0 Å². The second-order valence-corrected chi connectivity index (χ2v) is 4.28. The summed E-state index contributed by atoms with van der Waals surface area (Å²) in [5, 5.41) is 0. The molecule has 2 aromatic rings. The molecule has 0 unspecified atom stereocenters. The lowest BCUT2D eigenvalue weighted by atomic mass is 10.0. The number of rotatable bonds is 1. The lowest BCUT2D eigenvalue weighted by Gasteiger charge is -2.16. The zero-order valence-electron chi connectivity index (χ0n) is 10.5. The molecule has 2 rings (SSSR count). The Morgan fingerprint density at radius 1 is 0.857 bits per heavy atom. The van der Waals surface area contributed by atoms with Gasteiger partial charge in [-0.05, 0) is 25.1 Å². The summed E-state index contributed by atoms with van der Waals surface area (Å²) in [4.78, 5) is 7.66. The number of hydrogen-bond donors (Lipinski definition) is 0. The first-order chi connectivity index (χ1) is 9.59. The summed E-state index contributed by atoms with van der Waals surface area (Å²) >= 11 is 0. The maximum Gasteiger partial charge on any atom is 0.417 e. The molecule has 0 radical (unpaired) electrons. The molecule has 1 aromatic heterocycles. The highest BCUT2D eigenvalue weighted by Gasteiger charge is 2.43. The van der Waals surface area contributed by atoms with E-state index >= 15 is 0 Å². The second kappa shape index (κ2) is 5.01. The minimum Gasteiger partial charge on any atom is -0.237 e. The zero-order chi connectivity index (χ0) is 15.8. The van der Waals surface area contributed by atoms with E-state index in [9.17, 15) is 26.3 Å². The van der Waals surface area contributed by atoms with Crippen LogP contribution in [0.2, 0.25) is 0 Å². The number of aryl methyl sites for hydroxylation is 1. The van der Waals surface area contributed by atoms with Gasteiger partial charge in [-0.2, -0.15) is 26.3 Å². The van der Waals surface area contributed by atoms with E-state index < -0.39 is 23.5 Å². The van der Waals surface area contributed by atoms with Crippen LogP contribution in [0.3, 0.4) is 0 Å². The van der Waals surface area contributed by atoms with Crippen LogP contribution in [0.15, 0.2) is 30.5 Å². The van der Waals surface area contributed by atoms with Gasteiger partial charge in [-0.25, -0.2) is 9.97 Å². The van der Waals surface area contributed by atoms with E-state index in [1.165, 1.54) is 12.3 Å². The van der Waals surface area contributed by atoms with Crippen LogP contribution in [-0.2, 0) is 12.4 Å². The van der Waals surface area contributed by atoms with Crippen LogP contribution in [-0.4, -0.2) is 9.97 Å². The molecule has 0 amide bonds. The molecule has 2 nitrogen and oxygen atoms in total. The van der Waals surface area contributed by atoms with Gasteiger partial charge in [0.25, 0.3) is 0 Å². The molecule has 0 fully saturated rings. The highest BCUT2D eigenvalue weighted by atomic mass is 19.4. The molecule has 0 saturated carbocycles. The molecule has 8 heteroatoms. The van der Waals surface area contributed by atoms with Crippen LogP contribution < -0.4 is 0 Å². The fraction of sp³-hybridized carbons (Fsp3) is 0.231. The predicted octanol–water partition coefficient (Wildman–Crippen LogP) is 4.49. The minimum atomic E-state index is -5.12. The molecule has 0 N–H and O–H groups in total. The number of hydrogen-bond acceptors (Lipinski definition) is 2. The van der Waals surface area contributed by atoms with E-state index in [0.29, 0.717) is 17.8 Å². The Kier molecular flexibility index (Phi) is 3.65. The average Bonchev–Trinajstić information content (AvgIpc) is 2.36. The summed E-state index contributed by atoms with van der Waals surface area (Å²) in [6.07, 6.45) is -8.88. The predicted molar refractivity (Wildman–Crippen MR) is 62.2 cm³/mol. The molecular formula is C13H8F6N2. The monoisotopic (exact) mass is 306 g/mol. The second-order valence-electron chi connectivity index (χ2n) is 4.28. The van der Waals surface area contributed by atoms with Gasteiger partial charge in [-0.1, -0.05) is 6.07 Å². The van der Waals surface area contributed by atoms with Crippen molar-refractivity contribution in [2.24, 2.45) is 0 Å². The van der Waals surface area contributed by atoms with Crippen molar-refractivity contribution in [3.8, 4) is 11.4 Å². The molecule has 1 heterocycles. The molecular weight excluding hydrogens is 298 g/mol. The van der Waals surface area contributed by atoms with Gasteiger partial charge < -0.3 is 0 Å². The average molecular weight is 306 g/mol. The maximum atomic E-state index is 12.8. The molecule has 0 aliphatic heterocycles. The van der Waals surface area contributed by atoms with Gasteiger partial charge >= 0.3 is 12.4 Å². The highest BCUT2D eigenvalue weighted by Crippen LogP contribution is 2.41. The summed E-state index contributed by atoms with van der Waals surface area (Å²) in [7, 11) is 0. The lowest BCUT2D eigenvalue weighted by Crippen LogP contribution is -2.16. The number of alkyl halides is 6. The van der Waals surface area contributed by atoms with E-state index in [1.54, 1.807) is 6.92 Å². The van der Waals surface area contributed by atoms with Gasteiger partial charge in [0.1, 0.15) is 0 Å². The summed E-state index contributed by atoms with van der Waals surface area (Å²) < 4.78 is 76.4. The number of benzene rings is 1. The molecule has 0 bridgehead atoms. The van der Waals surface area contributed by atoms with Crippen molar-refractivity contribution in [1.29, 1.82) is 0 Å². The Morgan fingerprint density at radius 2 is 1.48 bits per heavy atom. The fourth-order valence-electron chi connectivity index (χ4n) is 1.75. The quantitative estimate of drug-likeness (QED) is 0.725.